The molecule has 2 unspecified atom stereocenters. The number of H-pyrrole nitrogens is 1. The third-order valence-corrected chi connectivity index (χ3v) is 6.84. The van der Waals surface area contributed by atoms with Gasteiger partial charge in [-0.15, -0.1) is 11.7 Å². The van der Waals surface area contributed by atoms with E-state index in [0.717, 1.165) is 35.9 Å². The molecule has 1 N–H and O–H groups in total. The molecule has 2 rings (SSSR count). The highest BCUT2D eigenvalue weighted by Crippen LogP contribution is 2.35. The second kappa shape index (κ2) is 8.38. The van der Waals surface area contributed by atoms with Crippen LogP contribution in [0.4, 0.5) is 0 Å². The zero-order valence-corrected chi connectivity index (χ0v) is 20.7. The van der Waals surface area contributed by atoms with Crippen LogP contribution in [0, 0.1) is 0 Å². The van der Waals surface area contributed by atoms with Gasteiger partial charge in [-0.3, -0.25) is 5.10 Å². The van der Waals surface area contributed by atoms with Crippen molar-refractivity contribution >= 4 is 21.6 Å². The summed E-state index contributed by atoms with van der Waals surface area (Å²) in [6.45, 7) is 17.5. The predicted molar refractivity (Wildman–Crippen MR) is 124 cm³/mol. The van der Waals surface area contributed by atoms with Crippen LogP contribution >= 0.6 is 21.6 Å². The highest BCUT2D eigenvalue weighted by atomic mass is 33.1. The lowest BCUT2D eigenvalue weighted by Gasteiger charge is -2.28. The second-order valence-electron chi connectivity index (χ2n) is 10.2. The van der Waals surface area contributed by atoms with Crippen LogP contribution in [0.25, 0.3) is 0 Å². The Morgan fingerprint density at radius 3 is 2.25 bits per heavy atom. The number of hydrogen-bond acceptors (Lipinski definition) is 5. The fraction of sp³-hybridized carbons (Fsp3) is 0.800. The average Bonchev–Trinajstić information content (AvgIpc) is 3.22. The second-order valence-corrected chi connectivity index (χ2v) is 14.0. The van der Waals surface area contributed by atoms with Crippen molar-refractivity contribution in [2.75, 3.05) is 12.0 Å². The molecule has 2 aromatic rings. The molecule has 0 radical (unpaired) electrons. The Hall–Kier alpha value is -1.02. The van der Waals surface area contributed by atoms with E-state index >= 15 is 0 Å². The molecule has 2 atom stereocenters. The summed E-state index contributed by atoms with van der Waals surface area (Å²) < 4.78 is 0. The van der Waals surface area contributed by atoms with Crippen molar-refractivity contribution in [2.45, 2.75) is 90.5 Å². The first kappa shape index (κ1) is 23.3. The molecular weight excluding hydrogens is 388 g/mol. The van der Waals surface area contributed by atoms with Gasteiger partial charge in [0.15, 0.2) is 5.82 Å². The van der Waals surface area contributed by atoms with Crippen LogP contribution < -0.4 is 0 Å². The van der Waals surface area contributed by atoms with Gasteiger partial charge in [0.2, 0.25) is 0 Å². The molecule has 0 aliphatic heterocycles. The third kappa shape index (κ3) is 5.75. The largest absolute Gasteiger partial charge is 0.263 e. The van der Waals surface area contributed by atoms with Gasteiger partial charge in [-0.1, -0.05) is 34.6 Å². The summed E-state index contributed by atoms with van der Waals surface area (Å²) in [5.74, 6) is 3.26. The number of aromatic nitrogens is 6. The standard InChI is InChI=1S/C20H38N6S2/c1-14(13-28(9)27)16-22-17(24-23-16)20(7,8)11-10-19(5,6)15-12-21-26(25-15)18(2,3)4/h12,14,27-28H,10-11,13H2,1-9H3,(H,22,23,24). The maximum absolute atomic E-state index is 4.82. The SMILES string of the molecule is CC(C[SH](C)S)c1nc(C(C)(C)CCC(C)(C)c2cnn(C(C)(C)C)n2)n[nH]1. The summed E-state index contributed by atoms with van der Waals surface area (Å²) in [5, 5.41) is 16.9. The van der Waals surface area contributed by atoms with E-state index in [4.69, 9.17) is 10.1 Å². The normalized spacial score (nSPS) is 16.3. The maximum Gasteiger partial charge on any atom is 0.156 e. The smallest absolute Gasteiger partial charge is 0.156 e. The van der Waals surface area contributed by atoms with E-state index in [0.29, 0.717) is 5.92 Å². The Morgan fingerprint density at radius 2 is 1.71 bits per heavy atom. The Bertz CT molecular complexity index is 770. The van der Waals surface area contributed by atoms with Gasteiger partial charge < -0.3 is 0 Å². The quantitative estimate of drug-likeness (QED) is 0.420. The van der Waals surface area contributed by atoms with Crippen LogP contribution in [0.3, 0.4) is 0 Å². The Balaban J connectivity index is 2.07. The number of aromatic amines is 1. The van der Waals surface area contributed by atoms with E-state index in [1.54, 1.807) is 0 Å². The molecule has 0 aliphatic carbocycles. The summed E-state index contributed by atoms with van der Waals surface area (Å²) >= 11 is 4.56. The first-order valence-electron chi connectivity index (χ1n) is 9.98. The van der Waals surface area contributed by atoms with Crippen molar-refractivity contribution in [3.63, 3.8) is 0 Å². The molecule has 0 spiro atoms. The van der Waals surface area contributed by atoms with E-state index < -0.39 is 0 Å². The number of rotatable bonds is 8. The topological polar surface area (TPSA) is 72.3 Å². The Morgan fingerprint density at radius 1 is 1.11 bits per heavy atom. The van der Waals surface area contributed by atoms with Gasteiger partial charge in [0.05, 0.1) is 17.4 Å². The van der Waals surface area contributed by atoms with Crippen LogP contribution in [0.5, 0.6) is 0 Å². The first-order valence-corrected chi connectivity index (χ1v) is 13.1. The number of thiol groups is 2. The summed E-state index contributed by atoms with van der Waals surface area (Å²) in [7, 11) is -0.245. The molecule has 160 valence electrons. The molecule has 0 saturated heterocycles. The minimum Gasteiger partial charge on any atom is -0.263 e. The number of nitrogens with zero attached hydrogens (tertiary/aromatic N) is 5. The van der Waals surface area contributed by atoms with E-state index in [-0.39, 0.29) is 26.3 Å². The molecule has 0 fully saturated rings. The van der Waals surface area contributed by atoms with Gasteiger partial charge in [0.1, 0.15) is 5.82 Å². The van der Waals surface area contributed by atoms with Gasteiger partial charge in [0.25, 0.3) is 0 Å². The van der Waals surface area contributed by atoms with Gasteiger partial charge in [0, 0.05) is 16.7 Å². The summed E-state index contributed by atoms with van der Waals surface area (Å²) in [5.41, 5.74) is 0.763. The van der Waals surface area contributed by atoms with Gasteiger partial charge in [-0.25, -0.2) is 14.9 Å². The third-order valence-electron chi connectivity index (χ3n) is 5.27. The number of nitrogens with one attached hydrogen (secondary N) is 1. The molecular formula is C20H38N6S2. The number of hydrogen-bond donors (Lipinski definition) is 3. The molecule has 0 aliphatic rings. The van der Waals surface area contributed by atoms with Crippen molar-refractivity contribution in [3.05, 3.63) is 23.5 Å². The van der Waals surface area contributed by atoms with Gasteiger partial charge in [-0.05, 0) is 45.6 Å². The first-order chi connectivity index (χ1) is 12.7. The summed E-state index contributed by atoms with van der Waals surface area (Å²) in [6.07, 6.45) is 6.04. The zero-order chi connectivity index (χ0) is 21.3. The molecule has 2 aromatic heterocycles. The van der Waals surface area contributed by atoms with E-state index in [9.17, 15) is 0 Å². The van der Waals surface area contributed by atoms with Crippen molar-refractivity contribution in [3.8, 4) is 0 Å². The van der Waals surface area contributed by atoms with E-state index in [1.165, 1.54) is 0 Å². The monoisotopic (exact) mass is 426 g/mol. The van der Waals surface area contributed by atoms with Crippen LogP contribution in [0.2, 0.25) is 0 Å². The molecule has 2 heterocycles. The zero-order valence-electron chi connectivity index (χ0n) is 18.9. The molecule has 8 heteroatoms. The molecule has 0 saturated carbocycles. The minimum absolute atomic E-state index is 0.0583. The lowest BCUT2D eigenvalue weighted by atomic mass is 9.77. The van der Waals surface area contributed by atoms with Gasteiger partial charge >= 0.3 is 0 Å². The summed E-state index contributed by atoms with van der Waals surface area (Å²) in [6, 6.07) is 0. The Labute approximate surface area is 177 Å². The molecule has 28 heavy (non-hydrogen) atoms. The molecule has 6 nitrogen and oxygen atoms in total. The van der Waals surface area contributed by atoms with Crippen molar-refractivity contribution < 1.29 is 0 Å². The maximum atomic E-state index is 4.82. The van der Waals surface area contributed by atoms with Crippen LogP contribution in [0.1, 0.15) is 91.5 Å². The van der Waals surface area contributed by atoms with Crippen molar-refractivity contribution in [1.29, 1.82) is 0 Å². The predicted octanol–water partition coefficient (Wildman–Crippen LogP) is 4.77. The average molecular weight is 427 g/mol. The Kier molecular flexibility index (Phi) is 6.96. The van der Waals surface area contributed by atoms with Crippen LogP contribution in [-0.4, -0.2) is 42.2 Å². The lowest BCUT2D eigenvalue weighted by molar-refractivity contribution is 0.302. The fourth-order valence-electron chi connectivity index (χ4n) is 3.04. The fourth-order valence-corrected chi connectivity index (χ4v) is 4.74. The lowest BCUT2D eigenvalue weighted by Crippen LogP contribution is -2.28. The highest BCUT2D eigenvalue weighted by molar-refractivity contribution is 8.77. The molecule has 0 aromatic carbocycles. The molecule has 0 amide bonds. The van der Waals surface area contributed by atoms with Crippen LogP contribution in [0.15, 0.2) is 6.20 Å². The summed E-state index contributed by atoms with van der Waals surface area (Å²) in [4.78, 5) is 6.63. The van der Waals surface area contributed by atoms with Gasteiger partial charge in [-0.2, -0.15) is 20.1 Å². The van der Waals surface area contributed by atoms with E-state index in [1.807, 2.05) is 11.0 Å². The van der Waals surface area contributed by atoms with E-state index in [2.05, 4.69) is 88.6 Å². The minimum atomic E-state index is -0.245. The van der Waals surface area contributed by atoms with Crippen molar-refractivity contribution in [2.24, 2.45) is 0 Å². The van der Waals surface area contributed by atoms with Crippen molar-refractivity contribution in [1.82, 2.24) is 30.2 Å². The highest BCUT2D eigenvalue weighted by Gasteiger charge is 2.32. The molecule has 0 bridgehead atoms. The van der Waals surface area contributed by atoms with Crippen LogP contribution in [-0.2, 0) is 16.4 Å².